The van der Waals surface area contributed by atoms with Gasteiger partial charge in [-0.25, -0.2) is 0 Å². The van der Waals surface area contributed by atoms with Crippen molar-refractivity contribution in [3.05, 3.63) is 0 Å². The van der Waals surface area contributed by atoms with Crippen molar-refractivity contribution in [1.82, 2.24) is 5.32 Å². The van der Waals surface area contributed by atoms with E-state index in [0.717, 1.165) is 19.3 Å². The molecule has 70 valence electrons. The Hall–Kier alpha value is -0.610. The lowest BCUT2D eigenvalue weighted by atomic mass is 10.2. The van der Waals surface area contributed by atoms with Crippen molar-refractivity contribution in [3.63, 3.8) is 0 Å². The molecule has 0 heterocycles. The molecule has 0 unspecified atom stereocenters. The van der Waals surface area contributed by atoms with Crippen LogP contribution in [0.2, 0.25) is 0 Å². The number of hydrogen-bond acceptors (Lipinski definition) is 3. The van der Waals surface area contributed by atoms with Crippen molar-refractivity contribution in [1.29, 1.82) is 0 Å². The summed E-state index contributed by atoms with van der Waals surface area (Å²) in [5.41, 5.74) is 5.02. The molecule has 0 aromatic heterocycles. The van der Waals surface area contributed by atoms with Crippen molar-refractivity contribution in [2.75, 3.05) is 13.7 Å². The number of nitrogens with one attached hydrogen (secondary N) is 1. The Morgan fingerprint density at radius 1 is 1.67 bits per heavy atom. The minimum Gasteiger partial charge on any atom is -0.380 e. The van der Waals surface area contributed by atoms with Crippen LogP contribution in [-0.4, -0.2) is 31.7 Å². The van der Waals surface area contributed by atoms with Crippen LogP contribution in [0.3, 0.4) is 0 Å². The Bertz CT molecular complexity index is 161. The molecule has 2 atom stereocenters. The van der Waals surface area contributed by atoms with E-state index in [1.54, 1.807) is 7.11 Å². The molecule has 1 aliphatic rings. The summed E-state index contributed by atoms with van der Waals surface area (Å²) in [6.07, 6.45) is 3.57. The number of methoxy groups -OCH3 is 1. The molecule has 0 aromatic rings. The summed E-state index contributed by atoms with van der Waals surface area (Å²) in [6, 6.07) is 0.308. The molecule has 3 N–H and O–H groups in total. The van der Waals surface area contributed by atoms with Gasteiger partial charge in [0.15, 0.2) is 0 Å². The van der Waals surface area contributed by atoms with Gasteiger partial charge in [0, 0.05) is 13.2 Å². The highest BCUT2D eigenvalue weighted by Gasteiger charge is 2.26. The molecule has 12 heavy (non-hydrogen) atoms. The predicted molar refractivity (Wildman–Crippen MR) is 45.6 cm³/mol. The Labute approximate surface area is 72.5 Å². The second-order valence-corrected chi connectivity index (χ2v) is 3.16. The average molecular weight is 172 g/mol. The van der Waals surface area contributed by atoms with Crippen LogP contribution in [-0.2, 0) is 9.53 Å². The van der Waals surface area contributed by atoms with Crippen LogP contribution in [0.15, 0.2) is 0 Å². The maximum atomic E-state index is 10.5. The van der Waals surface area contributed by atoms with Crippen molar-refractivity contribution < 1.29 is 9.53 Å². The van der Waals surface area contributed by atoms with E-state index in [2.05, 4.69) is 5.32 Å². The van der Waals surface area contributed by atoms with Crippen LogP contribution >= 0.6 is 0 Å². The summed E-state index contributed by atoms with van der Waals surface area (Å²) in [5, 5.41) is 3.08. The van der Waals surface area contributed by atoms with Crippen LogP contribution in [0.4, 0.5) is 0 Å². The highest BCUT2D eigenvalue weighted by atomic mass is 16.5. The summed E-state index contributed by atoms with van der Waals surface area (Å²) in [4.78, 5) is 10.5. The number of ether oxygens (including phenoxy) is 1. The van der Waals surface area contributed by atoms with Gasteiger partial charge in [-0.15, -0.1) is 0 Å². The van der Waals surface area contributed by atoms with Crippen LogP contribution in [0.25, 0.3) is 0 Å². The van der Waals surface area contributed by atoms with Gasteiger partial charge in [0.25, 0.3) is 0 Å². The maximum absolute atomic E-state index is 10.5. The van der Waals surface area contributed by atoms with Gasteiger partial charge in [-0.05, 0) is 19.3 Å². The quantitative estimate of drug-likeness (QED) is 0.608. The summed E-state index contributed by atoms with van der Waals surface area (Å²) in [6.45, 7) is 0.254. The van der Waals surface area contributed by atoms with Crippen LogP contribution < -0.4 is 11.1 Å². The molecule has 1 amide bonds. The largest absolute Gasteiger partial charge is 0.380 e. The number of amides is 1. The average Bonchev–Trinajstić information content (AvgIpc) is 2.47. The number of rotatable bonds is 4. The minimum absolute atomic E-state index is 0.254. The molecule has 4 nitrogen and oxygen atoms in total. The van der Waals surface area contributed by atoms with Gasteiger partial charge in [-0.3, -0.25) is 4.79 Å². The number of primary amides is 1. The molecule has 0 radical (unpaired) electrons. The van der Waals surface area contributed by atoms with Gasteiger partial charge in [-0.1, -0.05) is 0 Å². The van der Waals surface area contributed by atoms with Crippen LogP contribution in [0, 0.1) is 0 Å². The van der Waals surface area contributed by atoms with Gasteiger partial charge < -0.3 is 15.8 Å². The van der Waals surface area contributed by atoms with Gasteiger partial charge >= 0.3 is 0 Å². The van der Waals surface area contributed by atoms with Gasteiger partial charge in [0.05, 0.1) is 12.6 Å². The Kier molecular flexibility index (Phi) is 3.49. The third kappa shape index (κ3) is 2.46. The molecule has 0 aromatic carbocycles. The molecule has 0 saturated heterocycles. The summed E-state index contributed by atoms with van der Waals surface area (Å²) in [7, 11) is 1.70. The fourth-order valence-electron chi connectivity index (χ4n) is 1.67. The number of carbonyl (C=O) groups is 1. The molecule has 4 heteroatoms. The molecular formula is C8H16N2O2. The monoisotopic (exact) mass is 172 g/mol. The zero-order valence-electron chi connectivity index (χ0n) is 7.38. The molecule has 1 fully saturated rings. The summed E-state index contributed by atoms with van der Waals surface area (Å²) >= 11 is 0. The molecule has 0 aliphatic heterocycles. The third-order valence-electron chi connectivity index (χ3n) is 2.29. The van der Waals surface area contributed by atoms with Crippen molar-refractivity contribution in [3.8, 4) is 0 Å². The predicted octanol–water partition coefficient (Wildman–Crippen LogP) is -0.371. The lowest BCUT2D eigenvalue weighted by molar-refractivity contribution is -0.117. The van der Waals surface area contributed by atoms with Gasteiger partial charge in [0.1, 0.15) is 0 Å². The fourth-order valence-corrected chi connectivity index (χ4v) is 1.67. The number of hydrogen-bond donors (Lipinski definition) is 2. The molecular weight excluding hydrogens is 156 g/mol. The lowest BCUT2D eigenvalue weighted by Gasteiger charge is -2.18. The zero-order valence-corrected chi connectivity index (χ0v) is 7.38. The Balaban J connectivity index is 2.26. The Morgan fingerprint density at radius 2 is 2.42 bits per heavy atom. The highest BCUT2D eigenvalue weighted by Crippen LogP contribution is 2.20. The SMILES string of the molecule is CO[C@@H]1CCC[C@@H]1NCC(N)=O. The van der Waals surface area contributed by atoms with E-state index < -0.39 is 0 Å². The third-order valence-corrected chi connectivity index (χ3v) is 2.29. The summed E-state index contributed by atoms with van der Waals surface area (Å²) in [5.74, 6) is -0.309. The minimum atomic E-state index is -0.309. The van der Waals surface area contributed by atoms with Crippen molar-refractivity contribution in [2.45, 2.75) is 31.4 Å². The van der Waals surface area contributed by atoms with Crippen molar-refractivity contribution >= 4 is 5.91 Å². The van der Waals surface area contributed by atoms with E-state index >= 15 is 0 Å². The van der Waals surface area contributed by atoms with E-state index in [9.17, 15) is 4.79 Å². The first-order valence-corrected chi connectivity index (χ1v) is 4.28. The standard InChI is InChI=1S/C8H16N2O2/c1-12-7-4-2-3-6(7)10-5-8(9)11/h6-7,10H,2-5H2,1H3,(H2,9,11)/t6-,7+/m0/s1. The van der Waals surface area contributed by atoms with E-state index in [-0.39, 0.29) is 18.6 Å². The first kappa shape index (κ1) is 9.48. The fraction of sp³-hybridized carbons (Fsp3) is 0.875. The highest BCUT2D eigenvalue weighted by molar-refractivity contribution is 5.75. The van der Waals surface area contributed by atoms with Crippen LogP contribution in [0.1, 0.15) is 19.3 Å². The normalized spacial score (nSPS) is 29.1. The first-order valence-electron chi connectivity index (χ1n) is 4.28. The molecule has 1 aliphatic carbocycles. The summed E-state index contributed by atoms with van der Waals surface area (Å²) < 4.78 is 5.24. The molecule has 1 rings (SSSR count). The van der Waals surface area contributed by atoms with Crippen LogP contribution in [0.5, 0.6) is 0 Å². The molecule has 0 bridgehead atoms. The maximum Gasteiger partial charge on any atom is 0.231 e. The number of carbonyl (C=O) groups excluding carboxylic acids is 1. The van der Waals surface area contributed by atoms with Crippen molar-refractivity contribution in [2.24, 2.45) is 5.73 Å². The van der Waals surface area contributed by atoms with E-state index in [4.69, 9.17) is 10.5 Å². The smallest absolute Gasteiger partial charge is 0.231 e. The Morgan fingerprint density at radius 3 is 3.00 bits per heavy atom. The number of nitrogens with two attached hydrogens (primary N) is 1. The van der Waals surface area contributed by atoms with E-state index in [1.165, 1.54) is 0 Å². The molecule has 1 saturated carbocycles. The van der Waals surface area contributed by atoms with E-state index in [1.807, 2.05) is 0 Å². The van der Waals surface area contributed by atoms with Gasteiger partial charge in [-0.2, -0.15) is 0 Å². The lowest BCUT2D eigenvalue weighted by Crippen LogP contribution is -2.41. The van der Waals surface area contributed by atoms with E-state index in [0.29, 0.717) is 6.04 Å². The second kappa shape index (κ2) is 4.42. The topological polar surface area (TPSA) is 64.3 Å². The first-order chi connectivity index (χ1) is 5.74. The molecule has 0 spiro atoms. The zero-order chi connectivity index (χ0) is 8.97. The van der Waals surface area contributed by atoms with Gasteiger partial charge in [0.2, 0.25) is 5.91 Å². The second-order valence-electron chi connectivity index (χ2n) is 3.16.